The van der Waals surface area contributed by atoms with Crippen LogP contribution in [0.3, 0.4) is 0 Å². The molecule has 134 valence electrons. The van der Waals surface area contributed by atoms with Crippen molar-refractivity contribution in [1.82, 2.24) is 0 Å². The number of rotatable bonds is 6. The second-order valence-corrected chi connectivity index (χ2v) is 5.44. The topological polar surface area (TPSA) is 97.1 Å². The van der Waals surface area contributed by atoms with Crippen LogP contribution >= 0.6 is 0 Å². The number of ether oxygens (including phenoxy) is 4. The maximum Gasteiger partial charge on any atom is 0.255 e. The number of methoxy groups -OCH3 is 2. The lowest BCUT2D eigenvalue weighted by Gasteiger charge is -2.10. The summed E-state index contributed by atoms with van der Waals surface area (Å²) in [5, 5.41) is 0. The molecule has 0 aliphatic carbocycles. The summed E-state index contributed by atoms with van der Waals surface area (Å²) in [6.45, 7) is -0.254. The molecule has 1 heterocycles. The zero-order valence-electron chi connectivity index (χ0n) is 14.3. The third-order valence-electron chi connectivity index (χ3n) is 3.74. The summed E-state index contributed by atoms with van der Waals surface area (Å²) in [6.07, 6.45) is 1.59. The van der Waals surface area contributed by atoms with Crippen LogP contribution in [-0.4, -0.2) is 32.5 Å². The van der Waals surface area contributed by atoms with Crippen molar-refractivity contribution in [2.75, 3.05) is 20.8 Å². The molecule has 1 amide bonds. The second-order valence-electron chi connectivity index (χ2n) is 5.44. The number of carbonyl (C=O) groups excluding carboxylic acids is 2. The molecule has 26 heavy (non-hydrogen) atoms. The maximum atomic E-state index is 12.6. The number of primary amides is 1. The van der Waals surface area contributed by atoms with Gasteiger partial charge < -0.3 is 24.7 Å². The van der Waals surface area contributed by atoms with Crippen LogP contribution in [0.25, 0.3) is 6.08 Å². The summed E-state index contributed by atoms with van der Waals surface area (Å²) in [5.74, 6) is 1.09. The van der Waals surface area contributed by atoms with Gasteiger partial charge in [-0.3, -0.25) is 9.59 Å². The molecule has 0 saturated heterocycles. The Balaban J connectivity index is 1.90. The summed E-state index contributed by atoms with van der Waals surface area (Å²) in [6, 6.07) is 10.0. The Labute approximate surface area is 149 Å². The van der Waals surface area contributed by atoms with E-state index in [-0.39, 0.29) is 18.1 Å². The minimum absolute atomic E-state index is 0.151. The van der Waals surface area contributed by atoms with Crippen LogP contribution in [0.4, 0.5) is 0 Å². The third kappa shape index (κ3) is 3.32. The van der Waals surface area contributed by atoms with E-state index in [4.69, 9.17) is 24.7 Å². The highest BCUT2D eigenvalue weighted by Gasteiger charge is 2.28. The van der Waals surface area contributed by atoms with Crippen LogP contribution in [0.1, 0.15) is 15.9 Å². The van der Waals surface area contributed by atoms with E-state index in [9.17, 15) is 9.59 Å². The molecular formula is C19H17NO6. The van der Waals surface area contributed by atoms with Crippen LogP contribution in [0, 0.1) is 0 Å². The molecule has 0 aromatic heterocycles. The SMILES string of the molecule is COc1cccc(C=C2Oc3cc(OCC(N)=O)ccc3C2=O)c1OC. The van der Waals surface area contributed by atoms with Crippen LogP contribution in [0.15, 0.2) is 42.2 Å². The zero-order valence-corrected chi connectivity index (χ0v) is 14.3. The molecular weight excluding hydrogens is 338 g/mol. The monoisotopic (exact) mass is 355 g/mol. The zero-order chi connectivity index (χ0) is 18.7. The van der Waals surface area contributed by atoms with Crippen LogP contribution in [0.2, 0.25) is 0 Å². The van der Waals surface area contributed by atoms with Gasteiger partial charge in [-0.25, -0.2) is 0 Å². The number of carbonyl (C=O) groups is 2. The Kier molecular flexibility index (Phi) is 4.79. The first kappa shape index (κ1) is 17.3. The van der Waals surface area contributed by atoms with E-state index in [1.807, 2.05) is 0 Å². The van der Waals surface area contributed by atoms with E-state index in [2.05, 4.69) is 0 Å². The lowest BCUT2D eigenvalue weighted by atomic mass is 10.1. The minimum Gasteiger partial charge on any atom is -0.493 e. The van der Waals surface area contributed by atoms with Crippen molar-refractivity contribution in [3.63, 3.8) is 0 Å². The highest BCUT2D eigenvalue weighted by molar-refractivity contribution is 6.14. The predicted octanol–water partition coefficient (Wildman–Crippen LogP) is 2.18. The third-order valence-corrected chi connectivity index (χ3v) is 3.74. The van der Waals surface area contributed by atoms with Crippen molar-refractivity contribution < 1.29 is 28.5 Å². The molecule has 7 nitrogen and oxygen atoms in total. The van der Waals surface area contributed by atoms with Gasteiger partial charge in [-0.15, -0.1) is 0 Å². The molecule has 0 spiro atoms. The van der Waals surface area contributed by atoms with Crippen LogP contribution in [0.5, 0.6) is 23.0 Å². The fourth-order valence-corrected chi connectivity index (χ4v) is 2.58. The second kappa shape index (κ2) is 7.18. The van der Waals surface area contributed by atoms with E-state index >= 15 is 0 Å². The number of amides is 1. The van der Waals surface area contributed by atoms with Gasteiger partial charge in [0.15, 0.2) is 23.9 Å². The van der Waals surface area contributed by atoms with Gasteiger partial charge in [0.2, 0.25) is 5.78 Å². The number of hydrogen-bond acceptors (Lipinski definition) is 6. The smallest absolute Gasteiger partial charge is 0.255 e. The van der Waals surface area contributed by atoms with Crippen molar-refractivity contribution in [2.24, 2.45) is 5.73 Å². The number of hydrogen-bond donors (Lipinski definition) is 1. The number of para-hydroxylation sites is 1. The molecule has 2 N–H and O–H groups in total. The Morgan fingerprint density at radius 1 is 1.19 bits per heavy atom. The van der Waals surface area contributed by atoms with Gasteiger partial charge in [0, 0.05) is 11.6 Å². The minimum atomic E-state index is -0.590. The van der Waals surface area contributed by atoms with Crippen molar-refractivity contribution >= 4 is 17.8 Å². The molecule has 3 rings (SSSR count). The lowest BCUT2D eigenvalue weighted by Crippen LogP contribution is -2.19. The fraction of sp³-hybridized carbons (Fsp3) is 0.158. The van der Waals surface area contributed by atoms with Crippen molar-refractivity contribution in [3.8, 4) is 23.0 Å². The number of ketones is 1. The first-order valence-electron chi connectivity index (χ1n) is 7.74. The van der Waals surface area contributed by atoms with Gasteiger partial charge in [0.05, 0.1) is 19.8 Å². The Morgan fingerprint density at radius 3 is 2.69 bits per heavy atom. The largest absolute Gasteiger partial charge is 0.493 e. The van der Waals surface area contributed by atoms with E-state index < -0.39 is 5.91 Å². The molecule has 0 unspecified atom stereocenters. The van der Waals surface area contributed by atoms with Crippen molar-refractivity contribution in [2.45, 2.75) is 0 Å². The number of benzene rings is 2. The normalized spacial score (nSPS) is 13.9. The Bertz CT molecular complexity index is 903. The molecule has 0 radical (unpaired) electrons. The number of nitrogens with two attached hydrogens (primary N) is 1. The number of fused-ring (bicyclic) bond motifs is 1. The summed E-state index contributed by atoms with van der Waals surface area (Å²) in [4.78, 5) is 23.4. The quantitative estimate of drug-likeness (QED) is 0.798. The fourth-order valence-electron chi connectivity index (χ4n) is 2.58. The van der Waals surface area contributed by atoms with E-state index in [1.54, 1.807) is 42.5 Å². The summed E-state index contributed by atoms with van der Waals surface area (Å²) < 4.78 is 21.5. The molecule has 1 aliphatic rings. The number of Topliss-reactive ketones (excluding diaryl/α,β-unsaturated/α-hetero) is 1. The highest BCUT2D eigenvalue weighted by atomic mass is 16.5. The van der Waals surface area contributed by atoms with Crippen LogP contribution in [-0.2, 0) is 4.79 Å². The summed E-state index contributed by atoms with van der Waals surface area (Å²) in [5.41, 5.74) is 6.11. The molecule has 0 atom stereocenters. The van der Waals surface area contributed by atoms with E-state index in [1.165, 1.54) is 14.2 Å². The van der Waals surface area contributed by atoms with Gasteiger partial charge in [-0.2, -0.15) is 0 Å². The molecule has 0 fully saturated rings. The predicted molar refractivity (Wildman–Crippen MR) is 93.6 cm³/mol. The van der Waals surface area contributed by atoms with Crippen LogP contribution < -0.4 is 24.7 Å². The standard InChI is InChI=1S/C19H17NO6/c1-23-14-5-3-4-11(19(14)24-2)8-16-18(22)13-7-6-12(9-15(13)26-16)25-10-17(20)21/h3-9H,10H2,1-2H3,(H2,20,21). The van der Waals surface area contributed by atoms with Gasteiger partial charge in [-0.1, -0.05) is 12.1 Å². The van der Waals surface area contributed by atoms with E-state index in [0.29, 0.717) is 34.1 Å². The molecule has 7 heteroatoms. The Morgan fingerprint density at radius 2 is 2.00 bits per heavy atom. The Hall–Kier alpha value is -3.48. The average molecular weight is 355 g/mol. The van der Waals surface area contributed by atoms with Gasteiger partial charge in [0.25, 0.3) is 5.91 Å². The molecule has 0 saturated carbocycles. The maximum absolute atomic E-state index is 12.6. The van der Waals surface area contributed by atoms with Gasteiger partial charge >= 0.3 is 0 Å². The molecule has 1 aliphatic heterocycles. The summed E-state index contributed by atoms with van der Waals surface area (Å²) >= 11 is 0. The first-order valence-corrected chi connectivity index (χ1v) is 7.74. The van der Waals surface area contributed by atoms with Gasteiger partial charge in [-0.05, 0) is 24.3 Å². The first-order chi connectivity index (χ1) is 12.5. The molecule has 0 bridgehead atoms. The molecule has 2 aromatic carbocycles. The summed E-state index contributed by atoms with van der Waals surface area (Å²) in [7, 11) is 3.06. The average Bonchev–Trinajstić information content (AvgIpc) is 2.94. The highest BCUT2D eigenvalue weighted by Crippen LogP contribution is 2.37. The van der Waals surface area contributed by atoms with Crippen molar-refractivity contribution in [1.29, 1.82) is 0 Å². The van der Waals surface area contributed by atoms with Gasteiger partial charge in [0.1, 0.15) is 11.5 Å². The number of allylic oxidation sites excluding steroid dienone is 1. The lowest BCUT2D eigenvalue weighted by molar-refractivity contribution is -0.119. The molecule has 2 aromatic rings. The van der Waals surface area contributed by atoms with Crippen molar-refractivity contribution in [3.05, 3.63) is 53.3 Å². The van der Waals surface area contributed by atoms with E-state index in [0.717, 1.165) is 0 Å².